The molecule has 0 radical (unpaired) electrons. The van der Waals surface area contributed by atoms with Crippen LogP contribution in [0.1, 0.15) is 39.3 Å². The average molecular weight is 400 g/mol. The standard InChI is InChI=1S/C18H30BrNO2Si/c1-15(17-14-16(19)9-10-20-17)8-7-11-21-12-13-22-23(5,6)18(2,3)4/h7-10,14-15H,11-13H2,1-6H3/b8-7+. The monoisotopic (exact) mass is 399 g/mol. The lowest BCUT2D eigenvalue weighted by molar-refractivity contribution is 0.115. The zero-order valence-electron chi connectivity index (χ0n) is 15.2. The highest BCUT2D eigenvalue weighted by molar-refractivity contribution is 9.10. The molecule has 1 aromatic heterocycles. The molecule has 0 aliphatic carbocycles. The molecule has 0 spiro atoms. The molecule has 0 bridgehead atoms. The molecule has 0 aliphatic rings. The van der Waals surface area contributed by atoms with Gasteiger partial charge in [-0.2, -0.15) is 0 Å². The fraction of sp³-hybridized carbons (Fsp3) is 0.611. The van der Waals surface area contributed by atoms with Gasteiger partial charge in [0, 0.05) is 22.3 Å². The largest absolute Gasteiger partial charge is 0.414 e. The lowest BCUT2D eigenvalue weighted by Gasteiger charge is -2.36. The summed E-state index contributed by atoms with van der Waals surface area (Å²) in [6, 6.07) is 3.98. The summed E-state index contributed by atoms with van der Waals surface area (Å²) in [5.74, 6) is 0.277. The van der Waals surface area contributed by atoms with Gasteiger partial charge in [-0.1, -0.05) is 55.8 Å². The molecule has 1 rings (SSSR count). The minimum atomic E-state index is -1.65. The molecular weight excluding hydrogens is 370 g/mol. The van der Waals surface area contributed by atoms with Gasteiger partial charge in [-0.15, -0.1) is 0 Å². The topological polar surface area (TPSA) is 31.4 Å². The van der Waals surface area contributed by atoms with E-state index in [9.17, 15) is 0 Å². The lowest BCUT2D eigenvalue weighted by atomic mass is 10.1. The number of nitrogens with zero attached hydrogens (tertiary/aromatic N) is 1. The third kappa shape index (κ3) is 7.29. The SMILES string of the molecule is CC(/C=C/COCCO[Si](C)(C)C(C)(C)C)c1cc(Br)ccn1. The van der Waals surface area contributed by atoms with E-state index in [0.717, 1.165) is 10.2 Å². The number of aromatic nitrogens is 1. The van der Waals surface area contributed by atoms with E-state index in [1.807, 2.05) is 18.3 Å². The Balaban J connectivity index is 2.25. The molecule has 23 heavy (non-hydrogen) atoms. The molecule has 0 aliphatic heterocycles. The first-order chi connectivity index (χ1) is 10.6. The second kappa shape index (κ2) is 9.11. The van der Waals surface area contributed by atoms with Crippen molar-refractivity contribution in [1.82, 2.24) is 4.98 Å². The Kier molecular flexibility index (Phi) is 8.14. The van der Waals surface area contributed by atoms with Crippen LogP contribution in [0.2, 0.25) is 18.1 Å². The smallest absolute Gasteiger partial charge is 0.192 e. The van der Waals surface area contributed by atoms with Crippen LogP contribution in [0.3, 0.4) is 0 Å². The Labute approximate surface area is 150 Å². The summed E-state index contributed by atoms with van der Waals surface area (Å²) in [6.45, 7) is 15.3. The quantitative estimate of drug-likeness (QED) is 0.326. The molecule has 1 aromatic rings. The zero-order valence-corrected chi connectivity index (χ0v) is 17.8. The third-order valence-electron chi connectivity index (χ3n) is 4.35. The van der Waals surface area contributed by atoms with Gasteiger partial charge in [-0.05, 0) is 30.3 Å². The average Bonchev–Trinajstić information content (AvgIpc) is 2.44. The van der Waals surface area contributed by atoms with Crippen LogP contribution in [0.15, 0.2) is 35.0 Å². The minimum absolute atomic E-state index is 0.249. The van der Waals surface area contributed by atoms with Crippen molar-refractivity contribution in [3.63, 3.8) is 0 Å². The Morgan fingerprint density at radius 1 is 1.30 bits per heavy atom. The Morgan fingerprint density at radius 3 is 2.61 bits per heavy atom. The van der Waals surface area contributed by atoms with Gasteiger partial charge >= 0.3 is 0 Å². The molecule has 5 heteroatoms. The minimum Gasteiger partial charge on any atom is -0.414 e. The maximum atomic E-state index is 6.08. The number of allylic oxidation sites excluding steroid dienone is 1. The van der Waals surface area contributed by atoms with Gasteiger partial charge in [-0.25, -0.2) is 0 Å². The summed E-state index contributed by atoms with van der Waals surface area (Å²) >= 11 is 3.47. The van der Waals surface area contributed by atoms with Crippen LogP contribution >= 0.6 is 15.9 Å². The summed E-state index contributed by atoms with van der Waals surface area (Å²) in [4.78, 5) is 4.38. The van der Waals surface area contributed by atoms with Crippen LogP contribution < -0.4 is 0 Å². The van der Waals surface area contributed by atoms with Crippen molar-refractivity contribution in [2.24, 2.45) is 0 Å². The molecule has 0 amide bonds. The van der Waals surface area contributed by atoms with E-state index in [2.05, 4.69) is 73.9 Å². The van der Waals surface area contributed by atoms with E-state index in [1.54, 1.807) is 0 Å². The molecule has 0 saturated heterocycles. The Bertz CT molecular complexity index is 512. The normalized spacial score (nSPS) is 14.4. The molecule has 0 fully saturated rings. The zero-order chi connectivity index (χ0) is 17.5. The maximum absolute atomic E-state index is 6.08. The van der Waals surface area contributed by atoms with Crippen molar-refractivity contribution in [2.75, 3.05) is 19.8 Å². The number of pyridine rings is 1. The van der Waals surface area contributed by atoms with E-state index in [4.69, 9.17) is 9.16 Å². The molecule has 0 saturated carbocycles. The van der Waals surface area contributed by atoms with Crippen LogP contribution in [0.5, 0.6) is 0 Å². The van der Waals surface area contributed by atoms with Gasteiger partial charge in [-0.3, -0.25) is 4.98 Å². The van der Waals surface area contributed by atoms with Crippen molar-refractivity contribution < 1.29 is 9.16 Å². The van der Waals surface area contributed by atoms with Crippen molar-refractivity contribution >= 4 is 24.2 Å². The highest BCUT2D eigenvalue weighted by atomic mass is 79.9. The number of ether oxygens (including phenoxy) is 1. The van der Waals surface area contributed by atoms with Crippen molar-refractivity contribution in [2.45, 2.75) is 51.7 Å². The van der Waals surface area contributed by atoms with Crippen LogP contribution in [0.25, 0.3) is 0 Å². The second-order valence-electron chi connectivity index (χ2n) is 7.30. The van der Waals surface area contributed by atoms with Crippen molar-refractivity contribution in [3.8, 4) is 0 Å². The number of hydrogen-bond donors (Lipinski definition) is 0. The summed E-state index contributed by atoms with van der Waals surface area (Å²) < 4.78 is 12.8. The van der Waals surface area contributed by atoms with Crippen LogP contribution in [-0.4, -0.2) is 33.1 Å². The van der Waals surface area contributed by atoms with Crippen LogP contribution in [0.4, 0.5) is 0 Å². The van der Waals surface area contributed by atoms with Gasteiger partial charge in [0.05, 0.1) is 19.8 Å². The number of hydrogen-bond acceptors (Lipinski definition) is 3. The predicted molar refractivity (Wildman–Crippen MR) is 103 cm³/mol. The fourth-order valence-electron chi connectivity index (χ4n) is 1.75. The second-order valence-corrected chi connectivity index (χ2v) is 13.0. The van der Waals surface area contributed by atoms with Gasteiger partial charge in [0.15, 0.2) is 8.32 Å². The summed E-state index contributed by atoms with van der Waals surface area (Å²) in [6.07, 6.45) is 6.00. The molecule has 0 aromatic carbocycles. The summed E-state index contributed by atoms with van der Waals surface area (Å²) in [5.41, 5.74) is 1.05. The fourth-order valence-corrected chi connectivity index (χ4v) is 3.13. The molecular formula is C18H30BrNO2Si. The van der Waals surface area contributed by atoms with Gasteiger partial charge in [0.2, 0.25) is 0 Å². The van der Waals surface area contributed by atoms with Gasteiger partial charge in [0.25, 0.3) is 0 Å². The van der Waals surface area contributed by atoms with E-state index in [-0.39, 0.29) is 11.0 Å². The molecule has 0 N–H and O–H groups in total. The highest BCUT2D eigenvalue weighted by Crippen LogP contribution is 2.36. The first-order valence-corrected chi connectivity index (χ1v) is 11.8. The first-order valence-electron chi connectivity index (χ1n) is 8.13. The summed E-state index contributed by atoms with van der Waals surface area (Å²) in [7, 11) is -1.65. The Morgan fingerprint density at radius 2 is 2.00 bits per heavy atom. The highest BCUT2D eigenvalue weighted by Gasteiger charge is 2.36. The molecule has 3 nitrogen and oxygen atoms in total. The summed E-state index contributed by atoms with van der Waals surface area (Å²) in [5, 5.41) is 0.249. The Hall–Kier alpha value is -0.493. The maximum Gasteiger partial charge on any atom is 0.192 e. The predicted octanol–water partition coefficient (Wildman–Crippen LogP) is 5.54. The lowest BCUT2D eigenvalue weighted by Crippen LogP contribution is -2.41. The van der Waals surface area contributed by atoms with E-state index in [0.29, 0.717) is 19.8 Å². The van der Waals surface area contributed by atoms with Gasteiger partial charge in [0.1, 0.15) is 0 Å². The molecule has 1 atom stereocenters. The number of rotatable bonds is 8. The third-order valence-corrected chi connectivity index (χ3v) is 9.38. The number of halogens is 1. The van der Waals surface area contributed by atoms with E-state index < -0.39 is 8.32 Å². The molecule has 1 unspecified atom stereocenters. The molecule has 130 valence electrons. The molecule has 1 heterocycles. The van der Waals surface area contributed by atoms with Gasteiger partial charge < -0.3 is 9.16 Å². The van der Waals surface area contributed by atoms with Crippen LogP contribution in [0, 0.1) is 0 Å². The first kappa shape index (κ1) is 20.6. The van der Waals surface area contributed by atoms with E-state index in [1.165, 1.54) is 0 Å². The van der Waals surface area contributed by atoms with Crippen molar-refractivity contribution in [3.05, 3.63) is 40.6 Å². The van der Waals surface area contributed by atoms with E-state index >= 15 is 0 Å². The van der Waals surface area contributed by atoms with Crippen LogP contribution in [-0.2, 0) is 9.16 Å². The van der Waals surface area contributed by atoms with Crippen molar-refractivity contribution in [1.29, 1.82) is 0 Å².